The number of carbonyl (C=O) groups excluding carboxylic acids is 4. The van der Waals surface area contributed by atoms with Crippen molar-refractivity contribution in [2.75, 3.05) is 13.6 Å². The maximum atomic E-state index is 13.7. The Morgan fingerprint density at radius 2 is 1.74 bits per heavy atom. The lowest BCUT2D eigenvalue weighted by Crippen LogP contribution is -2.65. The fourth-order valence-corrected chi connectivity index (χ4v) is 7.44. The normalized spacial score (nSPS) is 27.3. The molecular formula is C33H49BN2O7. The zero-order chi connectivity index (χ0) is 31.5. The number of esters is 1. The highest BCUT2D eigenvalue weighted by molar-refractivity contribution is 6.46. The van der Waals surface area contributed by atoms with E-state index in [1.165, 1.54) is 7.11 Å². The number of ether oxygens (including phenoxy) is 1. The summed E-state index contributed by atoms with van der Waals surface area (Å²) in [6, 6.07) is 8.60. The number of nitrogens with one attached hydrogen (secondary N) is 2. The molecule has 0 spiro atoms. The zero-order valence-electron chi connectivity index (χ0n) is 26.8. The van der Waals surface area contributed by atoms with Crippen molar-refractivity contribution in [1.82, 2.24) is 10.6 Å². The molecule has 9 nitrogen and oxygen atoms in total. The third kappa shape index (κ3) is 7.17. The highest BCUT2D eigenvalue weighted by Crippen LogP contribution is 2.65. The number of hydrogen-bond donors (Lipinski definition) is 2. The quantitative estimate of drug-likeness (QED) is 0.247. The van der Waals surface area contributed by atoms with Crippen LogP contribution in [0.4, 0.5) is 0 Å². The van der Waals surface area contributed by atoms with Crippen LogP contribution in [0.2, 0.25) is 0 Å². The van der Waals surface area contributed by atoms with Crippen molar-refractivity contribution in [2.24, 2.45) is 35.0 Å². The van der Waals surface area contributed by atoms with Crippen molar-refractivity contribution in [3.05, 3.63) is 35.9 Å². The molecule has 1 heterocycles. The molecule has 3 aliphatic carbocycles. The van der Waals surface area contributed by atoms with Crippen LogP contribution in [0, 0.1) is 35.0 Å². The van der Waals surface area contributed by atoms with Crippen LogP contribution in [0.5, 0.6) is 0 Å². The molecule has 1 unspecified atom stereocenters. The fourth-order valence-electron chi connectivity index (χ4n) is 7.44. The predicted octanol–water partition coefficient (Wildman–Crippen LogP) is 3.92. The van der Waals surface area contributed by atoms with E-state index in [1.807, 2.05) is 51.1 Å². The minimum absolute atomic E-state index is 0.0197. The summed E-state index contributed by atoms with van der Waals surface area (Å²) in [6.45, 7) is 12.4. The molecule has 1 aromatic carbocycles. The van der Waals surface area contributed by atoms with Gasteiger partial charge in [-0.25, -0.2) is 0 Å². The Kier molecular flexibility index (Phi) is 10.4. The average molecular weight is 597 g/mol. The van der Waals surface area contributed by atoms with Crippen LogP contribution in [0.1, 0.15) is 79.2 Å². The minimum atomic E-state index is -0.838. The van der Waals surface area contributed by atoms with Gasteiger partial charge in [-0.1, -0.05) is 65.0 Å². The Labute approximate surface area is 256 Å². The van der Waals surface area contributed by atoms with Gasteiger partial charge in [0.25, 0.3) is 0 Å². The summed E-state index contributed by atoms with van der Waals surface area (Å²) in [4.78, 5) is 52.2. The molecule has 1 aliphatic heterocycles. The van der Waals surface area contributed by atoms with Gasteiger partial charge in [-0.15, -0.1) is 0 Å². The molecule has 2 bridgehead atoms. The van der Waals surface area contributed by atoms with Gasteiger partial charge in [0.2, 0.25) is 11.8 Å². The molecule has 1 aromatic rings. The number of benzene rings is 1. The van der Waals surface area contributed by atoms with E-state index in [2.05, 4.69) is 31.4 Å². The fraction of sp³-hybridized carbons (Fsp3) is 0.697. The van der Waals surface area contributed by atoms with Gasteiger partial charge in [-0.05, 0) is 61.3 Å². The highest BCUT2D eigenvalue weighted by atomic mass is 16.7. The second-order valence-electron chi connectivity index (χ2n) is 13.8. The lowest BCUT2D eigenvalue weighted by atomic mass is 9.43. The summed E-state index contributed by atoms with van der Waals surface area (Å²) in [5.74, 6) is -1.58. The average Bonchev–Trinajstić information content (AvgIpc) is 3.33. The largest absolute Gasteiger partial charge is 0.478 e. The number of ketones is 1. The Bertz CT molecular complexity index is 1180. The molecule has 4 fully saturated rings. The van der Waals surface area contributed by atoms with Gasteiger partial charge in [0.1, 0.15) is 0 Å². The monoisotopic (exact) mass is 596 g/mol. The molecule has 0 aromatic heterocycles. The first-order valence-electron chi connectivity index (χ1n) is 15.8. The Morgan fingerprint density at radius 1 is 1.05 bits per heavy atom. The van der Waals surface area contributed by atoms with Crippen LogP contribution in [-0.4, -0.2) is 62.0 Å². The van der Waals surface area contributed by atoms with Crippen molar-refractivity contribution in [3.63, 3.8) is 0 Å². The number of rotatable bonds is 14. The molecular weight excluding hydrogens is 547 g/mol. The standard InChI is InChI=1S/C33H49BN2O7/c1-8-22(30(39)35-19-34-42-28-17-23-16-27(32(23,4)5)33(28,6)43-34)15-26(37)25(14-21-12-10-9-11-13-21)36-31(40)24(20(2)3)18-29(38)41-7/h9-13,20,22-25,27-28H,8,14-19H2,1-7H3,(H,35,39)(H,36,40)/t22-,23?,24+,25+,27+,28-,33+/m1/s1. The van der Waals surface area contributed by atoms with Gasteiger partial charge in [0, 0.05) is 12.3 Å². The summed E-state index contributed by atoms with van der Waals surface area (Å²) in [5, 5.41) is 5.87. The number of amides is 2. The van der Waals surface area contributed by atoms with Gasteiger partial charge in [-0.3, -0.25) is 19.2 Å². The summed E-state index contributed by atoms with van der Waals surface area (Å²) >= 11 is 0. The van der Waals surface area contributed by atoms with E-state index >= 15 is 0 Å². The van der Waals surface area contributed by atoms with Gasteiger partial charge in [0.15, 0.2) is 5.78 Å². The van der Waals surface area contributed by atoms with Crippen LogP contribution in [0.15, 0.2) is 30.3 Å². The molecule has 43 heavy (non-hydrogen) atoms. The topological polar surface area (TPSA) is 120 Å². The van der Waals surface area contributed by atoms with Gasteiger partial charge >= 0.3 is 13.1 Å². The number of Topliss-reactive ketones (excluding diaryl/α,β-unsaturated/α-hetero) is 1. The number of methoxy groups -OCH3 is 1. The third-order valence-electron chi connectivity index (χ3n) is 10.5. The number of hydrogen-bond acceptors (Lipinski definition) is 7. The van der Waals surface area contributed by atoms with E-state index in [-0.39, 0.29) is 66.3 Å². The lowest BCUT2D eigenvalue weighted by Gasteiger charge is -2.64. The van der Waals surface area contributed by atoms with E-state index in [0.717, 1.165) is 18.4 Å². The van der Waals surface area contributed by atoms with Gasteiger partial charge in [-0.2, -0.15) is 0 Å². The Morgan fingerprint density at radius 3 is 2.35 bits per heavy atom. The second-order valence-corrected chi connectivity index (χ2v) is 13.8. The van der Waals surface area contributed by atoms with Crippen molar-refractivity contribution in [3.8, 4) is 0 Å². The molecule has 5 rings (SSSR count). The summed E-state index contributed by atoms with van der Waals surface area (Å²) in [7, 11) is 0.770. The van der Waals surface area contributed by atoms with Gasteiger partial charge in [0.05, 0.1) is 43.6 Å². The Balaban J connectivity index is 1.37. The summed E-state index contributed by atoms with van der Waals surface area (Å²) in [5.41, 5.74) is 0.776. The molecule has 0 radical (unpaired) electrons. The maximum Gasteiger partial charge on any atom is 0.478 e. The van der Waals surface area contributed by atoms with E-state index in [0.29, 0.717) is 18.3 Å². The summed E-state index contributed by atoms with van der Waals surface area (Å²) < 4.78 is 17.5. The molecule has 236 valence electrons. The van der Waals surface area contributed by atoms with Crippen LogP contribution in [0.3, 0.4) is 0 Å². The first-order chi connectivity index (χ1) is 20.3. The highest BCUT2D eigenvalue weighted by Gasteiger charge is 2.67. The van der Waals surface area contributed by atoms with Crippen LogP contribution in [0.25, 0.3) is 0 Å². The van der Waals surface area contributed by atoms with E-state index in [4.69, 9.17) is 14.0 Å². The number of carbonyl (C=O) groups is 4. The zero-order valence-corrected chi connectivity index (χ0v) is 26.8. The van der Waals surface area contributed by atoms with E-state index < -0.39 is 31.0 Å². The lowest BCUT2D eigenvalue weighted by molar-refractivity contribution is -0.199. The first kappa shape index (κ1) is 33.2. The van der Waals surface area contributed by atoms with E-state index in [1.54, 1.807) is 0 Å². The SMILES string of the molecule is CC[C@H](CC(=O)[C@H](Cc1ccccc1)NC(=O)[C@@H](CC(=O)OC)C(C)C)C(=O)NCB1O[C@@H]2CC3C[C@@H](C3(C)C)[C@]2(C)O1. The maximum absolute atomic E-state index is 13.7. The summed E-state index contributed by atoms with van der Waals surface area (Å²) in [6.07, 6.45) is 3.04. The van der Waals surface area contributed by atoms with E-state index in [9.17, 15) is 19.2 Å². The second kappa shape index (κ2) is 13.5. The molecule has 3 saturated carbocycles. The van der Waals surface area contributed by atoms with Crippen molar-refractivity contribution < 1.29 is 33.2 Å². The molecule has 1 saturated heterocycles. The van der Waals surface area contributed by atoms with Crippen molar-refractivity contribution in [2.45, 2.75) is 97.8 Å². The molecule has 2 amide bonds. The minimum Gasteiger partial charge on any atom is -0.469 e. The van der Waals surface area contributed by atoms with Crippen molar-refractivity contribution >= 4 is 30.7 Å². The first-order valence-corrected chi connectivity index (χ1v) is 15.8. The van der Waals surface area contributed by atoms with Gasteiger partial charge < -0.3 is 24.7 Å². The molecule has 4 aliphatic rings. The molecule has 7 atom stereocenters. The van der Waals surface area contributed by atoms with Crippen LogP contribution in [-0.2, 0) is 39.6 Å². The van der Waals surface area contributed by atoms with Crippen LogP contribution < -0.4 is 10.6 Å². The molecule has 2 N–H and O–H groups in total. The molecule has 10 heteroatoms. The third-order valence-corrected chi connectivity index (χ3v) is 10.5. The Hall–Kier alpha value is -2.72. The van der Waals surface area contributed by atoms with Crippen LogP contribution >= 0.6 is 0 Å². The van der Waals surface area contributed by atoms with Crippen molar-refractivity contribution in [1.29, 1.82) is 0 Å². The predicted molar refractivity (Wildman–Crippen MR) is 164 cm³/mol. The smallest absolute Gasteiger partial charge is 0.469 e.